The van der Waals surface area contributed by atoms with Crippen LogP contribution in [0.25, 0.3) is 0 Å². The minimum Gasteiger partial charge on any atom is -0.459 e. The van der Waals surface area contributed by atoms with E-state index in [4.69, 9.17) is 47.4 Å². The van der Waals surface area contributed by atoms with Crippen LogP contribution in [-0.2, 0) is 60.6 Å². The molecule has 0 radical (unpaired) electrons. The van der Waals surface area contributed by atoms with Crippen molar-refractivity contribution in [2.24, 2.45) is 0 Å². The second kappa shape index (κ2) is 22.5. The Hall–Kier alpha value is -5.89. The van der Waals surface area contributed by atoms with E-state index in [2.05, 4.69) is 0 Å². The van der Waals surface area contributed by atoms with Crippen LogP contribution in [0.5, 0.6) is 0 Å². The fourth-order valence-electron chi connectivity index (χ4n) is 7.70. The van der Waals surface area contributed by atoms with Gasteiger partial charge in [-0.3, -0.25) is 0 Å². The number of aliphatic hydroxyl groups excluding tert-OH is 3. The number of esters is 3. The monoisotopic (exact) mass is 906 g/mol. The van der Waals surface area contributed by atoms with Gasteiger partial charge in [0.1, 0.15) is 49.3 Å². The minimum absolute atomic E-state index is 0.176. The summed E-state index contributed by atoms with van der Waals surface area (Å²) in [5, 5.41) is 33.3. The first kappa shape index (κ1) is 46.6. The number of aliphatic hydroxyl groups is 3. The SMILES string of the molecule is O=C(OC[C@@H]1O[C@@H](OC[C@@H]2O[C@@H](OC[C@@H]3O[C@@H](O)[C@H](OCc4ccccc4)[C@H]3OCc3ccccc3)[C@H](O)[C@H]2O)[C@H](OC(=O)c2ccccc2)[C@H]1OC(=O)c1ccccc1)c1ccccc1. The summed E-state index contributed by atoms with van der Waals surface area (Å²) in [7, 11) is 0. The van der Waals surface area contributed by atoms with Crippen LogP contribution in [-0.4, -0.2) is 127 Å². The third-order valence-electron chi connectivity index (χ3n) is 11.2. The van der Waals surface area contributed by atoms with E-state index >= 15 is 0 Å². The van der Waals surface area contributed by atoms with Crippen LogP contribution in [0.2, 0.25) is 0 Å². The first-order valence-corrected chi connectivity index (χ1v) is 21.5. The van der Waals surface area contributed by atoms with E-state index in [1.165, 1.54) is 12.1 Å². The molecular weight excluding hydrogens is 857 g/mol. The lowest BCUT2D eigenvalue weighted by Crippen LogP contribution is -2.43. The van der Waals surface area contributed by atoms with E-state index in [9.17, 15) is 29.7 Å². The maximum Gasteiger partial charge on any atom is 0.338 e. The molecule has 346 valence electrons. The van der Waals surface area contributed by atoms with Gasteiger partial charge in [-0.1, -0.05) is 115 Å². The van der Waals surface area contributed by atoms with E-state index in [1.54, 1.807) is 78.9 Å². The maximum absolute atomic E-state index is 13.5. The van der Waals surface area contributed by atoms with Gasteiger partial charge >= 0.3 is 17.9 Å². The van der Waals surface area contributed by atoms with Gasteiger partial charge in [0.25, 0.3) is 0 Å². The number of ether oxygens (including phenoxy) is 10. The molecule has 0 bridgehead atoms. The highest BCUT2D eigenvalue weighted by atomic mass is 16.8. The molecule has 0 saturated carbocycles. The summed E-state index contributed by atoms with van der Waals surface area (Å²) < 4.78 is 60.0. The molecule has 0 unspecified atom stereocenters. The zero-order valence-electron chi connectivity index (χ0n) is 35.5. The van der Waals surface area contributed by atoms with Gasteiger partial charge in [-0.2, -0.15) is 0 Å². The number of hydrogen-bond donors (Lipinski definition) is 3. The number of carbonyl (C=O) groups excluding carboxylic acids is 3. The summed E-state index contributed by atoms with van der Waals surface area (Å²) in [5.41, 5.74) is 2.40. The zero-order valence-corrected chi connectivity index (χ0v) is 35.5. The van der Waals surface area contributed by atoms with E-state index in [1.807, 2.05) is 60.7 Å². The van der Waals surface area contributed by atoms with Gasteiger partial charge < -0.3 is 62.7 Å². The molecule has 3 aliphatic heterocycles. The quantitative estimate of drug-likeness (QED) is 0.0777. The Balaban J connectivity index is 0.951. The molecule has 0 aliphatic carbocycles. The number of rotatable bonds is 19. The molecule has 3 fully saturated rings. The highest BCUT2D eigenvalue weighted by Crippen LogP contribution is 2.33. The standard InChI is InChI=1S/C50H50O16/c51-39-36(63-49(40(39)52)60-30-37-41(57-26-31-16-6-1-7-17-31)43(48(56)62-37)58-27-32-18-8-2-9-19-32)28-61-50-44(66-47(55)35-24-14-5-15-25-35)42(65-46(54)34-22-12-4-13-23-34)38(64-50)29-59-45(53)33-20-10-3-11-21-33/h1-25,36-44,48-52,56H,26-30H2/t36-,37-,38-,39-,40+,41-,42-,43+,44+,48+,49+,50+/m0/s1. The first-order chi connectivity index (χ1) is 32.2. The van der Waals surface area contributed by atoms with Crippen LogP contribution < -0.4 is 0 Å². The largest absolute Gasteiger partial charge is 0.459 e. The Kier molecular flexibility index (Phi) is 15.9. The normalized spacial score (nSPS) is 28.2. The molecule has 16 nitrogen and oxygen atoms in total. The predicted molar refractivity (Wildman–Crippen MR) is 230 cm³/mol. The number of benzene rings is 5. The van der Waals surface area contributed by atoms with Gasteiger partial charge in [0.2, 0.25) is 0 Å². The maximum atomic E-state index is 13.5. The molecule has 0 spiro atoms. The van der Waals surface area contributed by atoms with Gasteiger partial charge in [0.15, 0.2) is 31.1 Å². The summed E-state index contributed by atoms with van der Waals surface area (Å²) in [6.07, 6.45) is -15.2. The van der Waals surface area contributed by atoms with Crippen LogP contribution in [0.4, 0.5) is 0 Å². The van der Waals surface area contributed by atoms with Crippen molar-refractivity contribution < 1.29 is 77.1 Å². The molecule has 3 saturated heterocycles. The summed E-state index contributed by atoms with van der Waals surface area (Å²) in [5.74, 6) is -2.25. The molecule has 5 aromatic carbocycles. The Morgan fingerprint density at radius 1 is 0.409 bits per heavy atom. The fraction of sp³-hybridized carbons (Fsp3) is 0.340. The number of hydrogen-bond acceptors (Lipinski definition) is 16. The van der Waals surface area contributed by atoms with E-state index in [0.29, 0.717) is 0 Å². The minimum atomic E-state index is -1.57. The van der Waals surface area contributed by atoms with Crippen molar-refractivity contribution in [1.82, 2.24) is 0 Å². The summed E-state index contributed by atoms with van der Waals surface area (Å²) in [6, 6.07) is 43.3. The van der Waals surface area contributed by atoms with Gasteiger partial charge in [-0.05, 0) is 47.5 Å². The smallest absolute Gasteiger partial charge is 0.338 e. The predicted octanol–water partition coefficient (Wildman–Crippen LogP) is 4.39. The molecule has 3 N–H and O–H groups in total. The lowest BCUT2D eigenvalue weighted by Gasteiger charge is -2.25. The average molecular weight is 907 g/mol. The average Bonchev–Trinajstić information content (AvgIpc) is 3.95. The topological polar surface area (TPSA) is 204 Å². The summed E-state index contributed by atoms with van der Waals surface area (Å²) in [4.78, 5) is 40.1. The van der Waals surface area contributed by atoms with Gasteiger partial charge in [-0.15, -0.1) is 0 Å². The van der Waals surface area contributed by atoms with Crippen LogP contribution >= 0.6 is 0 Å². The highest BCUT2D eigenvalue weighted by molar-refractivity contribution is 5.91. The zero-order chi connectivity index (χ0) is 45.8. The molecule has 0 amide bonds. The van der Waals surface area contributed by atoms with Gasteiger partial charge in [-0.25, -0.2) is 14.4 Å². The molecule has 8 rings (SSSR count). The Morgan fingerprint density at radius 3 is 1.38 bits per heavy atom. The lowest BCUT2D eigenvalue weighted by molar-refractivity contribution is -0.216. The van der Waals surface area contributed by atoms with Crippen molar-refractivity contribution in [3.63, 3.8) is 0 Å². The van der Waals surface area contributed by atoms with Crippen LogP contribution in [0.3, 0.4) is 0 Å². The molecule has 66 heavy (non-hydrogen) atoms. The number of carbonyl (C=O) groups is 3. The van der Waals surface area contributed by atoms with Crippen molar-refractivity contribution in [2.45, 2.75) is 87.0 Å². The lowest BCUT2D eigenvalue weighted by atomic mass is 10.1. The third-order valence-corrected chi connectivity index (χ3v) is 11.2. The Bertz CT molecular complexity index is 2290. The van der Waals surface area contributed by atoms with Crippen LogP contribution in [0.1, 0.15) is 42.2 Å². The molecule has 5 aromatic rings. The van der Waals surface area contributed by atoms with Crippen molar-refractivity contribution in [3.8, 4) is 0 Å². The molecule has 3 heterocycles. The second-order valence-corrected chi connectivity index (χ2v) is 15.8. The van der Waals surface area contributed by atoms with E-state index in [0.717, 1.165) is 11.1 Å². The van der Waals surface area contributed by atoms with E-state index in [-0.39, 0.29) is 36.5 Å². The second-order valence-electron chi connectivity index (χ2n) is 15.8. The van der Waals surface area contributed by atoms with Crippen molar-refractivity contribution in [1.29, 1.82) is 0 Å². The van der Waals surface area contributed by atoms with Gasteiger partial charge in [0, 0.05) is 0 Å². The van der Waals surface area contributed by atoms with Crippen molar-refractivity contribution in [3.05, 3.63) is 179 Å². The molecule has 16 heteroatoms. The van der Waals surface area contributed by atoms with Crippen LogP contribution in [0.15, 0.2) is 152 Å². The first-order valence-electron chi connectivity index (χ1n) is 21.5. The van der Waals surface area contributed by atoms with Crippen molar-refractivity contribution >= 4 is 17.9 Å². The third kappa shape index (κ3) is 11.7. The fourth-order valence-corrected chi connectivity index (χ4v) is 7.70. The van der Waals surface area contributed by atoms with E-state index < -0.39 is 105 Å². The summed E-state index contributed by atoms with van der Waals surface area (Å²) in [6.45, 7) is -0.782. The van der Waals surface area contributed by atoms with Crippen LogP contribution in [0, 0.1) is 0 Å². The molecular formula is C50H50O16. The molecule has 3 aliphatic rings. The Labute approximate surface area is 380 Å². The highest BCUT2D eigenvalue weighted by Gasteiger charge is 2.53. The Morgan fingerprint density at radius 2 is 0.833 bits per heavy atom. The van der Waals surface area contributed by atoms with Gasteiger partial charge in [0.05, 0.1) is 43.1 Å². The molecule has 0 aromatic heterocycles. The van der Waals surface area contributed by atoms with Crippen molar-refractivity contribution in [2.75, 3.05) is 19.8 Å². The summed E-state index contributed by atoms with van der Waals surface area (Å²) >= 11 is 0. The molecule has 12 atom stereocenters.